The van der Waals surface area contributed by atoms with Crippen LogP contribution in [-0.2, 0) is 24.3 Å². The lowest BCUT2D eigenvalue weighted by molar-refractivity contribution is -0.116. The highest BCUT2D eigenvalue weighted by atomic mass is 16.2. The van der Waals surface area contributed by atoms with Crippen LogP contribution in [-0.4, -0.2) is 21.7 Å². The van der Waals surface area contributed by atoms with E-state index >= 15 is 0 Å². The predicted molar refractivity (Wildman–Crippen MR) is 87.6 cm³/mol. The van der Waals surface area contributed by atoms with Crippen molar-refractivity contribution in [3.05, 3.63) is 35.5 Å². The van der Waals surface area contributed by atoms with Crippen molar-refractivity contribution in [3.63, 3.8) is 0 Å². The highest BCUT2D eigenvalue weighted by Gasteiger charge is 2.29. The number of hydrogen-bond donors (Lipinski definition) is 1. The van der Waals surface area contributed by atoms with Gasteiger partial charge < -0.3 is 10.6 Å². The second kappa shape index (κ2) is 5.57. The average molecular weight is 298 g/mol. The molecule has 1 aliphatic rings. The Labute approximate surface area is 130 Å². The fraction of sp³-hybridized carbons (Fsp3) is 0.412. The molecule has 2 aromatic rings. The maximum Gasteiger partial charge on any atom is 0.224 e. The molecule has 0 spiro atoms. The summed E-state index contributed by atoms with van der Waals surface area (Å²) in [5, 5.41) is 4.62. The number of anilines is 1. The number of nitrogens with two attached hydrogens (primary N) is 1. The zero-order valence-electron chi connectivity index (χ0n) is 13.3. The van der Waals surface area contributed by atoms with E-state index in [4.69, 9.17) is 5.73 Å². The number of hydrogen-bond acceptors (Lipinski definition) is 3. The minimum Gasteiger partial charge on any atom is -0.325 e. The summed E-state index contributed by atoms with van der Waals surface area (Å²) in [6.07, 6.45) is 0.890. The Bertz CT molecular complexity index is 698. The molecule has 1 amide bonds. The SMILES string of the molecule is CCn1nc(-c2ccc3c(c2)CC(C)N3C(C)=O)cc1CN. The first-order valence-electron chi connectivity index (χ1n) is 7.75. The molecule has 1 atom stereocenters. The molecule has 2 heterocycles. The second-order valence-corrected chi connectivity index (χ2v) is 5.83. The molecule has 0 aliphatic carbocycles. The topological polar surface area (TPSA) is 64.2 Å². The van der Waals surface area contributed by atoms with E-state index in [1.807, 2.05) is 27.8 Å². The van der Waals surface area contributed by atoms with Crippen LogP contribution in [0.25, 0.3) is 11.3 Å². The van der Waals surface area contributed by atoms with Crippen LogP contribution in [0.1, 0.15) is 32.0 Å². The fourth-order valence-corrected chi connectivity index (χ4v) is 3.30. The highest BCUT2D eigenvalue weighted by molar-refractivity contribution is 5.95. The number of benzene rings is 1. The molecule has 0 saturated carbocycles. The number of carbonyl (C=O) groups is 1. The number of fused-ring (bicyclic) bond motifs is 1. The van der Waals surface area contributed by atoms with Crippen molar-refractivity contribution in [3.8, 4) is 11.3 Å². The van der Waals surface area contributed by atoms with Crippen molar-refractivity contribution >= 4 is 11.6 Å². The van der Waals surface area contributed by atoms with E-state index in [0.717, 1.165) is 35.6 Å². The minimum atomic E-state index is 0.0969. The maximum atomic E-state index is 11.8. The molecule has 5 nitrogen and oxygen atoms in total. The first kappa shape index (κ1) is 14.8. The van der Waals surface area contributed by atoms with E-state index in [0.29, 0.717) is 6.54 Å². The summed E-state index contributed by atoms with van der Waals surface area (Å²) in [6, 6.07) is 8.48. The average Bonchev–Trinajstić information content (AvgIpc) is 3.05. The monoisotopic (exact) mass is 298 g/mol. The van der Waals surface area contributed by atoms with Gasteiger partial charge in [-0.05, 0) is 44.0 Å². The van der Waals surface area contributed by atoms with Gasteiger partial charge in [0.05, 0.1) is 11.4 Å². The lowest BCUT2D eigenvalue weighted by Crippen LogP contribution is -2.33. The quantitative estimate of drug-likeness (QED) is 0.946. The number of carbonyl (C=O) groups excluding carboxylic acids is 1. The first-order chi connectivity index (χ1) is 10.5. The van der Waals surface area contributed by atoms with E-state index in [1.165, 1.54) is 5.56 Å². The summed E-state index contributed by atoms with van der Waals surface area (Å²) < 4.78 is 1.94. The van der Waals surface area contributed by atoms with Gasteiger partial charge in [0.25, 0.3) is 0 Å². The van der Waals surface area contributed by atoms with E-state index in [-0.39, 0.29) is 11.9 Å². The van der Waals surface area contributed by atoms with E-state index in [1.54, 1.807) is 6.92 Å². The summed E-state index contributed by atoms with van der Waals surface area (Å²) in [5.74, 6) is 0.0969. The van der Waals surface area contributed by atoms with Gasteiger partial charge >= 0.3 is 0 Å². The molecule has 0 saturated heterocycles. The normalized spacial score (nSPS) is 16.9. The highest BCUT2D eigenvalue weighted by Crippen LogP contribution is 2.35. The molecule has 1 aliphatic heterocycles. The van der Waals surface area contributed by atoms with E-state index in [2.05, 4.69) is 25.0 Å². The van der Waals surface area contributed by atoms with Crippen LogP contribution >= 0.6 is 0 Å². The molecule has 5 heteroatoms. The predicted octanol–water partition coefficient (Wildman–Crippen LogP) is 2.33. The Morgan fingerprint density at radius 2 is 2.18 bits per heavy atom. The van der Waals surface area contributed by atoms with Crippen molar-refractivity contribution in [2.75, 3.05) is 4.90 Å². The standard InChI is InChI=1S/C17H22N4O/c1-4-20-15(10-18)9-16(19-20)13-5-6-17-14(8-13)7-11(2)21(17)12(3)22/h5-6,8-9,11H,4,7,10,18H2,1-3H3. The van der Waals surface area contributed by atoms with Crippen LogP contribution in [0.15, 0.2) is 24.3 Å². The molecule has 1 aromatic heterocycles. The molecule has 0 bridgehead atoms. The largest absolute Gasteiger partial charge is 0.325 e. The number of rotatable bonds is 3. The van der Waals surface area contributed by atoms with Gasteiger partial charge in [-0.25, -0.2) is 0 Å². The van der Waals surface area contributed by atoms with Crippen LogP contribution in [0.2, 0.25) is 0 Å². The first-order valence-corrected chi connectivity index (χ1v) is 7.75. The number of aryl methyl sites for hydroxylation is 1. The summed E-state index contributed by atoms with van der Waals surface area (Å²) in [7, 11) is 0. The van der Waals surface area contributed by atoms with Gasteiger partial charge in [0.1, 0.15) is 0 Å². The van der Waals surface area contributed by atoms with Gasteiger partial charge in [0, 0.05) is 37.3 Å². The van der Waals surface area contributed by atoms with Crippen LogP contribution in [0.5, 0.6) is 0 Å². The molecular weight excluding hydrogens is 276 g/mol. The third-order valence-electron chi connectivity index (χ3n) is 4.30. The molecule has 0 radical (unpaired) electrons. The Balaban J connectivity index is 2.00. The lowest BCUT2D eigenvalue weighted by atomic mass is 10.0. The summed E-state index contributed by atoms with van der Waals surface area (Å²) in [4.78, 5) is 13.7. The third-order valence-corrected chi connectivity index (χ3v) is 4.30. The van der Waals surface area contributed by atoms with Gasteiger partial charge in [-0.1, -0.05) is 6.07 Å². The second-order valence-electron chi connectivity index (χ2n) is 5.83. The van der Waals surface area contributed by atoms with Crippen LogP contribution < -0.4 is 10.6 Å². The van der Waals surface area contributed by atoms with Crippen molar-refractivity contribution in [1.29, 1.82) is 0 Å². The number of nitrogens with zero attached hydrogens (tertiary/aromatic N) is 3. The minimum absolute atomic E-state index is 0.0969. The van der Waals surface area contributed by atoms with Gasteiger partial charge in [0.2, 0.25) is 5.91 Å². The Morgan fingerprint density at radius 3 is 2.77 bits per heavy atom. The molecule has 22 heavy (non-hydrogen) atoms. The van der Waals surface area contributed by atoms with Gasteiger partial charge in [-0.15, -0.1) is 0 Å². The van der Waals surface area contributed by atoms with Crippen LogP contribution in [0.3, 0.4) is 0 Å². The fourth-order valence-electron chi connectivity index (χ4n) is 3.30. The zero-order valence-corrected chi connectivity index (χ0v) is 13.3. The van der Waals surface area contributed by atoms with Crippen molar-refractivity contribution in [2.45, 2.75) is 46.3 Å². The Morgan fingerprint density at radius 1 is 1.41 bits per heavy atom. The van der Waals surface area contributed by atoms with Crippen molar-refractivity contribution in [2.24, 2.45) is 5.73 Å². The van der Waals surface area contributed by atoms with E-state index in [9.17, 15) is 4.79 Å². The molecule has 1 unspecified atom stereocenters. The van der Waals surface area contributed by atoms with E-state index < -0.39 is 0 Å². The van der Waals surface area contributed by atoms with Crippen molar-refractivity contribution in [1.82, 2.24) is 9.78 Å². The number of amides is 1. The van der Waals surface area contributed by atoms with Crippen LogP contribution in [0, 0.1) is 0 Å². The molecule has 2 N–H and O–H groups in total. The van der Waals surface area contributed by atoms with Crippen molar-refractivity contribution < 1.29 is 4.79 Å². The van der Waals surface area contributed by atoms with Gasteiger partial charge in [-0.3, -0.25) is 9.48 Å². The Hall–Kier alpha value is -2.14. The Kier molecular flexibility index (Phi) is 3.74. The summed E-state index contributed by atoms with van der Waals surface area (Å²) in [5.41, 5.74) is 11.1. The molecule has 3 rings (SSSR count). The van der Waals surface area contributed by atoms with Crippen LogP contribution in [0.4, 0.5) is 5.69 Å². The molecular formula is C17H22N4O. The van der Waals surface area contributed by atoms with Gasteiger partial charge in [-0.2, -0.15) is 5.10 Å². The lowest BCUT2D eigenvalue weighted by Gasteiger charge is -2.20. The summed E-state index contributed by atoms with van der Waals surface area (Å²) >= 11 is 0. The molecule has 1 aromatic carbocycles. The summed E-state index contributed by atoms with van der Waals surface area (Å²) in [6.45, 7) is 7.06. The smallest absolute Gasteiger partial charge is 0.224 e. The van der Waals surface area contributed by atoms with Gasteiger partial charge in [0.15, 0.2) is 0 Å². The number of aromatic nitrogens is 2. The zero-order chi connectivity index (χ0) is 15.9. The molecule has 0 fully saturated rings. The third kappa shape index (κ3) is 2.31. The molecule has 116 valence electrons. The maximum absolute atomic E-state index is 11.8.